The van der Waals surface area contributed by atoms with Crippen molar-refractivity contribution in [3.63, 3.8) is 0 Å². The Bertz CT molecular complexity index is 369. The predicted octanol–water partition coefficient (Wildman–Crippen LogP) is 2.83. The van der Waals surface area contributed by atoms with Crippen molar-refractivity contribution in [3.05, 3.63) is 35.6 Å². The number of nitrogens with one attached hydrogen (secondary N) is 1. The molecule has 2 unspecified atom stereocenters. The van der Waals surface area contributed by atoms with Crippen molar-refractivity contribution >= 4 is 0 Å². The molecule has 0 radical (unpaired) electrons. The molecule has 0 spiro atoms. The van der Waals surface area contributed by atoms with Crippen LogP contribution < -0.4 is 5.32 Å². The number of benzene rings is 1. The molecule has 1 heterocycles. The third-order valence-corrected chi connectivity index (χ3v) is 4.26. The highest BCUT2D eigenvalue weighted by atomic mass is 19.1. The first-order chi connectivity index (χ1) is 9.16. The van der Waals surface area contributed by atoms with E-state index in [1.807, 2.05) is 12.1 Å². The molecule has 3 heteroatoms. The summed E-state index contributed by atoms with van der Waals surface area (Å²) in [7, 11) is 2.23. The lowest BCUT2D eigenvalue weighted by molar-refractivity contribution is 0.169. The topological polar surface area (TPSA) is 15.3 Å². The lowest BCUT2D eigenvalue weighted by Gasteiger charge is -2.32. The Kier molecular flexibility index (Phi) is 5.34. The monoisotopic (exact) mass is 264 g/mol. The van der Waals surface area contributed by atoms with Crippen LogP contribution in [0.4, 0.5) is 4.39 Å². The average Bonchev–Trinajstić information content (AvgIpc) is 2.69. The van der Waals surface area contributed by atoms with Gasteiger partial charge in [0.1, 0.15) is 5.82 Å². The van der Waals surface area contributed by atoms with E-state index in [4.69, 9.17) is 0 Å². The molecule has 2 rings (SSSR count). The molecular weight excluding hydrogens is 239 g/mol. The highest BCUT2D eigenvalue weighted by Gasteiger charge is 2.20. The normalized spacial score (nSPS) is 22.2. The average molecular weight is 264 g/mol. The van der Waals surface area contributed by atoms with E-state index in [1.54, 1.807) is 12.1 Å². The largest absolute Gasteiger partial charge is 0.317 e. The third-order valence-electron chi connectivity index (χ3n) is 4.26. The number of rotatable bonds is 4. The number of hydrogen-bond acceptors (Lipinski definition) is 2. The van der Waals surface area contributed by atoms with E-state index < -0.39 is 0 Å². The molecule has 1 aromatic carbocycles. The minimum Gasteiger partial charge on any atom is -0.317 e. The van der Waals surface area contributed by atoms with Crippen molar-refractivity contribution in [3.8, 4) is 0 Å². The van der Waals surface area contributed by atoms with Crippen LogP contribution in [0.5, 0.6) is 0 Å². The molecule has 2 nitrogen and oxygen atoms in total. The first-order valence-electron chi connectivity index (χ1n) is 7.34. The van der Waals surface area contributed by atoms with E-state index in [0.29, 0.717) is 12.1 Å². The maximum atomic E-state index is 12.9. The van der Waals surface area contributed by atoms with E-state index in [9.17, 15) is 4.39 Å². The van der Waals surface area contributed by atoms with E-state index in [1.165, 1.54) is 24.8 Å². The van der Waals surface area contributed by atoms with Gasteiger partial charge in [-0.3, -0.25) is 0 Å². The summed E-state index contributed by atoms with van der Waals surface area (Å²) < 4.78 is 12.9. The Morgan fingerprint density at radius 3 is 2.74 bits per heavy atom. The molecule has 0 bridgehead atoms. The second-order valence-corrected chi connectivity index (χ2v) is 5.68. The zero-order valence-corrected chi connectivity index (χ0v) is 12.0. The number of nitrogens with zero attached hydrogens (tertiary/aromatic N) is 1. The van der Waals surface area contributed by atoms with Crippen LogP contribution in [-0.4, -0.2) is 37.1 Å². The van der Waals surface area contributed by atoms with Gasteiger partial charge in [0.25, 0.3) is 0 Å². The summed E-state index contributed by atoms with van der Waals surface area (Å²) in [5.74, 6) is -0.153. The van der Waals surface area contributed by atoms with Gasteiger partial charge in [-0.1, -0.05) is 12.1 Å². The maximum absolute atomic E-state index is 12.9. The van der Waals surface area contributed by atoms with Crippen LogP contribution in [-0.2, 0) is 6.42 Å². The predicted molar refractivity (Wildman–Crippen MR) is 77.8 cm³/mol. The molecule has 2 atom stereocenters. The smallest absolute Gasteiger partial charge is 0.123 e. The van der Waals surface area contributed by atoms with E-state index in [-0.39, 0.29) is 5.82 Å². The molecule has 106 valence electrons. The minimum absolute atomic E-state index is 0.153. The summed E-state index contributed by atoms with van der Waals surface area (Å²) in [6.07, 6.45) is 4.75. The molecule has 1 aromatic rings. The lowest BCUT2D eigenvalue weighted by Crippen LogP contribution is -2.40. The van der Waals surface area contributed by atoms with Crippen LogP contribution in [0.1, 0.15) is 31.7 Å². The fraction of sp³-hybridized carbons (Fsp3) is 0.625. The lowest BCUT2D eigenvalue weighted by atomic mass is 10.0. The van der Waals surface area contributed by atoms with Gasteiger partial charge in [0.15, 0.2) is 0 Å². The first-order valence-corrected chi connectivity index (χ1v) is 7.34. The number of halogens is 1. The van der Waals surface area contributed by atoms with Gasteiger partial charge < -0.3 is 10.2 Å². The number of likely N-dealkylation sites (N-methyl/N-ethyl adjacent to an activating group) is 1. The molecule has 0 saturated carbocycles. The van der Waals surface area contributed by atoms with Gasteiger partial charge in [0.2, 0.25) is 0 Å². The van der Waals surface area contributed by atoms with Gasteiger partial charge in [0.05, 0.1) is 0 Å². The quantitative estimate of drug-likeness (QED) is 0.899. The van der Waals surface area contributed by atoms with Crippen molar-refractivity contribution in [2.75, 3.05) is 20.1 Å². The molecule has 1 N–H and O–H groups in total. The van der Waals surface area contributed by atoms with Crippen LogP contribution in [0.2, 0.25) is 0 Å². The van der Waals surface area contributed by atoms with Crippen molar-refractivity contribution in [1.29, 1.82) is 0 Å². The van der Waals surface area contributed by atoms with Gasteiger partial charge in [-0.2, -0.15) is 0 Å². The second-order valence-electron chi connectivity index (χ2n) is 5.68. The maximum Gasteiger partial charge on any atom is 0.123 e. The van der Waals surface area contributed by atoms with Gasteiger partial charge in [0, 0.05) is 12.1 Å². The Labute approximate surface area is 116 Å². The summed E-state index contributed by atoms with van der Waals surface area (Å²) in [6.45, 7) is 4.54. The molecule has 0 amide bonds. The molecule has 0 aliphatic carbocycles. The second kappa shape index (κ2) is 7.01. The molecule has 1 saturated heterocycles. The van der Waals surface area contributed by atoms with Gasteiger partial charge in [-0.05, 0) is 70.4 Å². The molecular formula is C16H25FN2. The molecule has 0 aromatic heterocycles. The third kappa shape index (κ3) is 4.29. The summed E-state index contributed by atoms with van der Waals surface area (Å²) in [5, 5.41) is 3.46. The summed E-state index contributed by atoms with van der Waals surface area (Å²) in [6, 6.07) is 8.07. The Hall–Kier alpha value is -0.930. The highest BCUT2D eigenvalue weighted by Crippen LogP contribution is 2.17. The zero-order chi connectivity index (χ0) is 13.7. The fourth-order valence-electron chi connectivity index (χ4n) is 2.87. The van der Waals surface area contributed by atoms with E-state index >= 15 is 0 Å². The van der Waals surface area contributed by atoms with Crippen LogP contribution in [0.15, 0.2) is 24.3 Å². The summed E-state index contributed by atoms with van der Waals surface area (Å²) in [4.78, 5) is 2.50. The van der Waals surface area contributed by atoms with Gasteiger partial charge in [-0.25, -0.2) is 4.39 Å². The highest BCUT2D eigenvalue weighted by molar-refractivity contribution is 5.17. The van der Waals surface area contributed by atoms with Crippen LogP contribution >= 0.6 is 0 Å². The molecule has 1 aliphatic rings. The van der Waals surface area contributed by atoms with Gasteiger partial charge in [-0.15, -0.1) is 0 Å². The molecule has 1 aliphatic heterocycles. The molecule has 19 heavy (non-hydrogen) atoms. The van der Waals surface area contributed by atoms with Crippen molar-refractivity contribution in [2.24, 2.45) is 0 Å². The van der Waals surface area contributed by atoms with Crippen LogP contribution in [0.3, 0.4) is 0 Å². The van der Waals surface area contributed by atoms with Crippen molar-refractivity contribution < 1.29 is 4.39 Å². The van der Waals surface area contributed by atoms with Crippen molar-refractivity contribution in [2.45, 2.75) is 44.7 Å². The van der Waals surface area contributed by atoms with Crippen LogP contribution in [0, 0.1) is 5.82 Å². The molecule has 1 fully saturated rings. The SMILES string of the molecule is CC(Cc1ccc(F)cc1)N(C)C1CCCNCC1. The first kappa shape index (κ1) is 14.5. The number of hydrogen-bond donors (Lipinski definition) is 1. The Morgan fingerprint density at radius 2 is 2.00 bits per heavy atom. The standard InChI is InChI=1S/C16H25FN2/c1-13(12-14-5-7-15(17)8-6-14)19(2)16-4-3-10-18-11-9-16/h5-8,13,16,18H,3-4,9-12H2,1-2H3. The Balaban J connectivity index is 1.90. The van der Waals surface area contributed by atoms with E-state index in [0.717, 1.165) is 19.5 Å². The summed E-state index contributed by atoms with van der Waals surface area (Å²) in [5.41, 5.74) is 1.22. The van der Waals surface area contributed by atoms with Crippen molar-refractivity contribution in [1.82, 2.24) is 10.2 Å². The Morgan fingerprint density at radius 1 is 1.26 bits per heavy atom. The summed E-state index contributed by atoms with van der Waals surface area (Å²) >= 11 is 0. The van der Waals surface area contributed by atoms with Gasteiger partial charge >= 0.3 is 0 Å². The van der Waals surface area contributed by atoms with Crippen LogP contribution in [0.25, 0.3) is 0 Å². The minimum atomic E-state index is -0.153. The van der Waals surface area contributed by atoms with E-state index in [2.05, 4.69) is 24.2 Å². The zero-order valence-electron chi connectivity index (χ0n) is 12.0. The fourth-order valence-corrected chi connectivity index (χ4v) is 2.87.